The molecule has 0 aromatic heterocycles. The number of amides is 1. The fourth-order valence-electron chi connectivity index (χ4n) is 1.79. The van der Waals surface area contributed by atoms with E-state index >= 15 is 0 Å². The highest BCUT2D eigenvalue weighted by Crippen LogP contribution is 2.20. The van der Waals surface area contributed by atoms with Gasteiger partial charge in [-0.25, -0.2) is 0 Å². The third kappa shape index (κ3) is 2.62. The van der Waals surface area contributed by atoms with Gasteiger partial charge in [0.15, 0.2) is 0 Å². The molecule has 0 saturated heterocycles. The Labute approximate surface area is 108 Å². The highest BCUT2D eigenvalue weighted by molar-refractivity contribution is 6.08. The highest BCUT2D eigenvalue weighted by atomic mass is 16.1. The van der Waals surface area contributed by atoms with Gasteiger partial charge in [0.05, 0.1) is 7.85 Å². The minimum atomic E-state index is -0.0694. The van der Waals surface area contributed by atoms with E-state index in [2.05, 4.69) is 5.32 Å². The molecule has 0 fully saturated rings. The van der Waals surface area contributed by atoms with E-state index in [1.165, 1.54) is 0 Å². The minimum absolute atomic E-state index is 0.0694. The normalized spacial score (nSPS) is 10.1. The average Bonchev–Trinajstić information content (AvgIpc) is 2.47. The molecule has 0 aliphatic heterocycles. The van der Waals surface area contributed by atoms with Crippen molar-refractivity contribution in [1.82, 2.24) is 5.32 Å². The van der Waals surface area contributed by atoms with Gasteiger partial charge in [0.2, 0.25) is 0 Å². The zero-order valence-corrected chi connectivity index (χ0v) is 10.3. The molecule has 2 rings (SSSR count). The summed E-state index contributed by atoms with van der Waals surface area (Å²) in [6.45, 7) is 0. The molecular formula is C15H14BNO. The summed E-state index contributed by atoms with van der Waals surface area (Å²) in [5.41, 5.74) is 3.99. The van der Waals surface area contributed by atoms with Crippen LogP contribution in [0, 0.1) is 0 Å². The van der Waals surface area contributed by atoms with Gasteiger partial charge in [-0.15, -0.1) is 0 Å². The van der Waals surface area contributed by atoms with Crippen LogP contribution in [0.2, 0.25) is 0 Å². The van der Waals surface area contributed by atoms with Crippen LogP contribution >= 0.6 is 0 Å². The van der Waals surface area contributed by atoms with Crippen LogP contribution in [0.15, 0.2) is 48.5 Å². The van der Waals surface area contributed by atoms with Crippen molar-refractivity contribution in [2.24, 2.45) is 0 Å². The van der Waals surface area contributed by atoms with E-state index in [9.17, 15) is 4.79 Å². The third-order valence-corrected chi connectivity index (χ3v) is 2.90. The molecule has 0 heterocycles. The maximum absolute atomic E-state index is 11.4. The largest absolute Gasteiger partial charge is 0.355 e. The van der Waals surface area contributed by atoms with Gasteiger partial charge in [-0.2, -0.15) is 0 Å². The Morgan fingerprint density at radius 2 is 1.50 bits per heavy atom. The first kappa shape index (κ1) is 12.4. The number of hydrogen-bond donors (Lipinski definition) is 1. The van der Waals surface area contributed by atoms with E-state index < -0.39 is 0 Å². The van der Waals surface area contributed by atoms with Crippen LogP contribution < -0.4 is 5.32 Å². The van der Waals surface area contributed by atoms with Crippen molar-refractivity contribution < 1.29 is 4.79 Å². The highest BCUT2D eigenvalue weighted by Gasteiger charge is 2.03. The predicted octanol–water partition coefficient (Wildman–Crippen LogP) is 2.38. The number of rotatable bonds is 3. The second-order valence-electron chi connectivity index (χ2n) is 4.06. The van der Waals surface area contributed by atoms with E-state index in [-0.39, 0.29) is 5.91 Å². The maximum atomic E-state index is 11.4. The molecule has 0 aliphatic rings. The Hall–Kier alpha value is -2.03. The topological polar surface area (TPSA) is 29.1 Å². The number of carbonyl (C=O) groups excluding carboxylic acids is 1. The third-order valence-electron chi connectivity index (χ3n) is 2.90. The van der Waals surface area contributed by atoms with Gasteiger partial charge >= 0.3 is 0 Å². The molecule has 2 nitrogen and oxygen atoms in total. The number of carbonyl (C=O) groups is 1. The quantitative estimate of drug-likeness (QED) is 0.813. The molecule has 2 aromatic carbocycles. The molecule has 2 radical (unpaired) electrons. The first-order valence-electron chi connectivity index (χ1n) is 5.86. The molecular weight excluding hydrogens is 221 g/mol. The van der Waals surface area contributed by atoms with Gasteiger partial charge in [0.1, 0.15) is 0 Å². The summed E-state index contributed by atoms with van der Waals surface area (Å²) in [5.74, 6) is -0.0694. The van der Waals surface area contributed by atoms with Crippen molar-refractivity contribution in [1.29, 1.82) is 0 Å². The van der Waals surface area contributed by atoms with Crippen LogP contribution in [0.5, 0.6) is 0 Å². The summed E-state index contributed by atoms with van der Waals surface area (Å²) >= 11 is 0. The maximum Gasteiger partial charge on any atom is 0.251 e. The molecule has 0 aliphatic carbocycles. The number of hydrogen-bond acceptors (Lipinski definition) is 1. The Kier molecular flexibility index (Phi) is 3.83. The fourth-order valence-corrected chi connectivity index (χ4v) is 1.79. The van der Waals surface area contributed by atoms with Crippen molar-refractivity contribution in [3.05, 3.63) is 59.7 Å². The van der Waals surface area contributed by atoms with E-state index in [0.717, 1.165) is 16.7 Å². The van der Waals surface area contributed by atoms with Crippen LogP contribution in [-0.2, 0) is 6.32 Å². The van der Waals surface area contributed by atoms with Crippen LogP contribution in [0.4, 0.5) is 0 Å². The lowest BCUT2D eigenvalue weighted by Crippen LogP contribution is -2.17. The number of benzene rings is 2. The van der Waals surface area contributed by atoms with Crippen molar-refractivity contribution >= 4 is 13.8 Å². The second-order valence-corrected chi connectivity index (χ2v) is 4.06. The van der Waals surface area contributed by atoms with Crippen molar-refractivity contribution in [2.75, 3.05) is 7.05 Å². The summed E-state index contributed by atoms with van der Waals surface area (Å²) < 4.78 is 0. The van der Waals surface area contributed by atoms with E-state index in [1.807, 2.05) is 48.5 Å². The van der Waals surface area contributed by atoms with Crippen molar-refractivity contribution in [2.45, 2.75) is 6.32 Å². The van der Waals surface area contributed by atoms with Crippen LogP contribution in [-0.4, -0.2) is 20.8 Å². The molecule has 0 atom stereocenters. The van der Waals surface area contributed by atoms with Gasteiger partial charge in [0, 0.05) is 12.6 Å². The Balaban J connectivity index is 2.25. The van der Waals surface area contributed by atoms with Crippen molar-refractivity contribution in [3.63, 3.8) is 0 Å². The zero-order valence-electron chi connectivity index (χ0n) is 10.3. The second kappa shape index (κ2) is 5.54. The molecule has 0 saturated carbocycles. The molecule has 88 valence electrons. The Bertz CT molecular complexity index is 531. The molecule has 2 aromatic rings. The summed E-state index contributed by atoms with van der Waals surface area (Å²) in [7, 11) is 7.19. The van der Waals surface area contributed by atoms with E-state index in [0.29, 0.717) is 11.9 Å². The lowest BCUT2D eigenvalue weighted by molar-refractivity contribution is 0.0963. The summed E-state index contributed by atoms with van der Waals surface area (Å²) in [5, 5.41) is 2.60. The lowest BCUT2D eigenvalue weighted by atomic mass is 9.95. The van der Waals surface area contributed by atoms with Gasteiger partial charge in [0.25, 0.3) is 5.91 Å². The lowest BCUT2D eigenvalue weighted by Gasteiger charge is -2.05. The number of nitrogens with one attached hydrogen (secondary N) is 1. The molecule has 0 bridgehead atoms. The first-order valence-corrected chi connectivity index (χ1v) is 5.86. The standard InChI is InChI=1S/C15H14BNO/c1-17-15(18)14-8-6-13(7-9-14)12-4-2-11(10-16)3-5-12/h2-9H,10H2,1H3,(H,17,18). The SMILES string of the molecule is [B]Cc1ccc(-c2ccc(C(=O)NC)cc2)cc1. The summed E-state index contributed by atoms with van der Waals surface area (Å²) in [4.78, 5) is 11.4. The van der Waals surface area contributed by atoms with Gasteiger partial charge in [-0.1, -0.05) is 48.3 Å². The monoisotopic (exact) mass is 235 g/mol. The summed E-state index contributed by atoms with van der Waals surface area (Å²) in [6.07, 6.45) is 0.551. The average molecular weight is 235 g/mol. The molecule has 0 unspecified atom stereocenters. The molecule has 3 heteroatoms. The molecule has 0 spiro atoms. The predicted molar refractivity (Wildman–Crippen MR) is 74.7 cm³/mol. The minimum Gasteiger partial charge on any atom is -0.355 e. The molecule has 18 heavy (non-hydrogen) atoms. The van der Waals surface area contributed by atoms with Crippen LogP contribution in [0.3, 0.4) is 0 Å². The first-order chi connectivity index (χ1) is 8.74. The Morgan fingerprint density at radius 3 is 1.94 bits per heavy atom. The molecule has 1 N–H and O–H groups in total. The van der Waals surface area contributed by atoms with Gasteiger partial charge < -0.3 is 5.32 Å². The zero-order chi connectivity index (χ0) is 13.0. The fraction of sp³-hybridized carbons (Fsp3) is 0.133. The van der Waals surface area contributed by atoms with Gasteiger partial charge in [-0.3, -0.25) is 4.79 Å². The Morgan fingerprint density at radius 1 is 1.00 bits per heavy atom. The van der Waals surface area contributed by atoms with Crippen LogP contribution in [0.1, 0.15) is 15.9 Å². The van der Waals surface area contributed by atoms with E-state index in [1.54, 1.807) is 7.05 Å². The van der Waals surface area contributed by atoms with E-state index in [4.69, 9.17) is 7.85 Å². The van der Waals surface area contributed by atoms with Gasteiger partial charge in [-0.05, 0) is 23.3 Å². The smallest absolute Gasteiger partial charge is 0.251 e. The molecule has 1 amide bonds. The van der Waals surface area contributed by atoms with Crippen molar-refractivity contribution in [3.8, 4) is 11.1 Å². The van der Waals surface area contributed by atoms with Crippen LogP contribution in [0.25, 0.3) is 11.1 Å². The summed E-state index contributed by atoms with van der Waals surface area (Å²) in [6, 6.07) is 15.7.